The van der Waals surface area contributed by atoms with E-state index in [2.05, 4.69) is 56.2 Å². The largest absolute Gasteiger partial charge is 0.309 e. The SMILES string of the molecule is CCc1cnccc1C(NC)c1cc(C)c(C)cc1C. The maximum absolute atomic E-state index is 4.25. The van der Waals surface area contributed by atoms with E-state index in [4.69, 9.17) is 0 Å². The van der Waals surface area contributed by atoms with Crippen LogP contribution >= 0.6 is 0 Å². The van der Waals surface area contributed by atoms with Crippen molar-refractivity contribution in [2.45, 2.75) is 40.2 Å². The summed E-state index contributed by atoms with van der Waals surface area (Å²) in [6.45, 7) is 8.72. The Hall–Kier alpha value is -1.67. The summed E-state index contributed by atoms with van der Waals surface area (Å²) >= 11 is 0. The molecule has 0 spiro atoms. The van der Waals surface area contributed by atoms with Gasteiger partial charge in [-0.25, -0.2) is 0 Å². The number of hydrogen-bond acceptors (Lipinski definition) is 2. The molecule has 1 aromatic carbocycles. The topological polar surface area (TPSA) is 24.9 Å². The van der Waals surface area contributed by atoms with Gasteiger partial charge < -0.3 is 5.32 Å². The van der Waals surface area contributed by atoms with E-state index in [0.717, 1.165) is 6.42 Å². The third-order valence-corrected chi connectivity index (χ3v) is 4.12. The van der Waals surface area contributed by atoms with Crippen LogP contribution in [0.3, 0.4) is 0 Å². The van der Waals surface area contributed by atoms with Crippen molar-refractivity contribution >= 4 is 0 Å². The van der Waals surface area contributed by atoms with Gasteiger partial charge in [0.25, 0.3) is 0 Å². The van der Waals surface area contributed by atoms with Crippen LogP contribution < -0.4 is 5.32 Å². The first-order chi connectivity index (χ1) is 9.58. The van der Waals surface area contributed by atoms with Crippen molar-refractivity contribution < 1.29 is 0 Å². The van der Waals surface area contributed by atoms with E-state index in [1.165, 1.54) is 33.4 Å². The minimum atomic E-state index is 0.229. The van der Waals surface area contributed by atoms with Crippen LogP contribution in [0.5, 0.6) is 0 Å². The average Bonchev–Trinajstić information content (AvgIpc) is 2.45. The van der Waals surface area contributed by atoms with Crippen molar-refractivity contribution in [1.29, 1.82) is 0 Å². The molecule has 0 aliphatic carbocycles. The van der Waals surface area contributed by atoms with Crippen LogP contribution in [0.25, 0.3) is 0 Å². The summed E-state index contributed by atoms with van der Waals surface area (Å²) in [6, 6.07) is 6.95. The number of nitrogens with one attached hydrogen (secondary N) is 1. The van der Waals surface area contributed by atoms with Gasteiger partial charge in [0.2, 0.25) is 0 Å². The average molecular weight is 268 g/mol. The number of nitrogens with zero attached hydrogens (tertiary/aromatic N) is 1. The molecular formula is C18H24N2. The quantitative estimate of drug-likeness (QED) is 0.910. The maximum Gasteiger partial charge on any atom is 0.0580 e. The molecule has 2 heteroatoms. The van der Waals surface area contributed by atoms with Gasteiger partial charge in [-0.15, -0.1) is 0 Å². The minimum absolute atomic E-state index is 0.229. The molecule has 1 atom stereocenters. The highest BCUT2D eigenvalue weighted by molar-refractivity contribution is 5.43. The van der Waals surface area contributed by atoms with Gasteiger partial charge in [0.1, 0.15) is 0 Å². The van der Waals surface area contributed by atoms with E-state index in [1.807, 2.05) is 19.4 Å². The lowest BCUT2D eigenvalue weighted by atomic mass is 9.90. The first kappa shape index (κ1) is 14.7. The monoisotopic (exact) mass is 268 g/mol. The van der Waals surface area contributed by atoms with Crippen molar-refractivity contribution in [2.24, 2.45) is 0 Å². The Bertz CT molecular complexity index is 602. The Morgan fingerprint density at radius 1 is 1.05 bits per heavy atom. The third kappa shape index (κ3) is 2.75. The second-order valence-electron chi connectivity index (χ2n) is 5.44. The zero-order chi connectivity index (χ0) is 14.7. The highest BCUT2D eigenvalue weighted by Crippen LogP contribution is 2.29. The van der Waals surface area contributed by atoms with Crippen molar-refractivity contribution in [3.8, 4) is 0 Å². The molecule has 2 nitrogen and oxygen atoms in total. The molecule has 0 aliphatic rings. The molecule has 0 aliphatic heterocycles. The van der Waals surface area contributed by atoms with E-state index in [-0.39, 0.29) is 6.04 Å². The lowest BCUT2D eigenvalue weighted by Crippen LogP contribution is -2.20. The van der Waals surface area contributed by atoms with Crippen LogP contribution in [0.1, 0.15) is 46.3 Å². The van der Waals surface area contributed by atoms with Crippen molar-refractivity contribution in [3.05, 3.63) is 64.0 Å². The molecule has 0 saturated carbocycles. The Morgan fingerprint density at radius 3 is 2.40 bits per heavy atom. The van der Waals surface area contributed by atoms with Gasteiger partial charge in [-0.3, -0.25) is 4.98 Å². The molecule has 1 heterocycles. The van der Waals surface area contributed by atoms with E-state index in [0.29, 0.717) is 0 Å². The number of benzene rings is 1. The number of hydrogen-bond donors (Lipinski definition) is 1. The summed E-state index contributed by atoms with van der Waals surface area (Å²) in [7, 11) is 2.03. The summed E-state index contributed by atoms with van der Waals surface area (Å²) in [5.74, 6) is 0. The Morgan fingerprint density at radius 2 is 1.75 bits per heavy atom. The van der Waals surface area contributed by atoms with Crippen molar-refractivity contribution in [2.75, 3.05) is 7.05 Å². The molecule has 2 aromatic rings. The normalized spacial score (nSPS) is 12.4. The van der Waals surface area contributed by atoms with Crippen LogP contribution in [-0.4, -0.2) is 12.0 Å². The van der Waals surface area contributed by atoms with E-state index >= 15 is 0 Å². The standard InChI is InChI=1S/C18H24N2/c1-6-15-11-20-8-7-16(15)18(19-5)17-10-13(3)12(2)9-14(17)4/h7-11,18-19H,6H2,1-5H3. The van der Waals surface area contributed by atoms with Crippen LogP contribution in [-0.2, 0) is 6.42 Å². The van der Waals surface area contributed by atoms with E-state index < -0.39 is 0 Å². The second-order valence-corrected chi connectivity index (χ2v) is 5.44. The molecule has 0 fully saturated rings. The molecule has 1 aromatic heterocycles. The van der Waals surface area contributed by atoms with E-state index in [9.17, 15) is 0 Å². The van der Waals surface area contributed by atoms with Gasteiger partial charge in [0, 0.05) is 12.4 Å². The van der Waals surface area contributed by atoms with Gasteiger partial charge in [-0.1, -0.05) is 19.1 Å². The van der Waals surface area contributed by atoms with Gasteiger partial charge in [-0.05, 0) is 73.7 Å². The molecule has 0 bridgehead atoms. The molecule has 0 saturated heterocycles. The zero-order valence-electron chi connectivity index (χ0n) is 13.1. The third-order valence-electron chi connectivity index (χ3n) is 4.12. The zero-order valence-corrected chi connectivity index (χ0v) is 13.1. The lowest BCUT2D eigenvalue weighted by molar-refractivity contribution is 0.677. The summed E-state index contributed by atoms with van der Waals surface area (Å²) in [6.07, 6.45) is 4.87. The smallest absolute Gasteiger partial charge is 0.0580 e. The molecule has 1 N–H and O–H groups in total. The summed E-state index contributed by atoms with van der Waals surface area (Å²) in [5.41, 5.74) is 8.04. The number of pyridine rings is 1. The van der Waals surface area contributed by atoms with Crippen molar-refractivity contribution in [1.82, 2.24) is 10.3 Å². The summed E-state index contributed by atoms with van der Waals surface area (Å²) < 4.78 is 0. The second kappa shape index (κ2) is 6.19. The molecule has 1 unspecified atom stereocenters. The molecular weight excluding hydrogens is 244 g/mol. The predicted octanol–water partition coefficient (Wildman–Crippen LogP) is 3.88. The fourth-order valence-electron chi connectivity index (χ4n) is 2.79. The number of rotatable bonds is 4. The fraction of sp³-hybridized carbons (Fsp3) is 0.389. The molecule has 0 radical (unpaired) electrons. The molecule has 20 heavy (non-hydrogen) atoms. The fourth-order valence-corrected chi connectivity index (χ4v) is 2.79. The highest BCUT2D eigenvalue weighted by atomic mass is 14.9. The maximum atomic E-state index is 4.25. The molecule has 2 rings (SSSR count). The van der Waals surface area contributed by atoms with Gasteiger partial charge >= 0.3 is 0 Å². The lowest BCUT2D eigenvalue weighted by Gasteiger charge is -2.23. The van der Waals surface area contributed by atoms with Crippen LogP contribution in [0.15, 0.2) is 30.6 Å². The first-order valence-corrected chi connectivity index (χ1v) is 7.26. The Labute approximate surface area is 122 Å². The van der Waals surface area contributed by atoms with Crippen LogP contribution in [0.4, 0.5) is 0 Å². The Kier molecular flexibility index (Phi) is 4.56. The Balaban J connectivity index is 2.55. The number of aromatic nitrogens is 1. The van der Waals surface area contributed by atoms with Gasteiger partial charge in [-0.2, -0.15) is 0 Å². The minimum Gasteiger partial charge on any atom is -0.309 e. The van der Waals surface area contributed by atoms with E-state index in [1.54, 1.807) is 0 Å². The van der Waals surface area contributed by atoms with Gasteiger partial charge in [0.05, 0.1) is 6.04 Å². The highest BCUT2D eigenvalue weighted by Gasteiger charge is 2.17. The molecule has 0 amide bonds. The van der Waals surface area contributed by atoms with Crippen molar-refractivity contribution in [3.63, 3.8) is 0 Å². The summed E-state index contributed by atoms with van der Waals surface area (Å²) in [4.78, 5) is 4.25. The van der Waals surface area contributed by atoms with Gasteiger partial charge in [0.15, 0.2) is 0 Å². The van der Waals surface area contributed by atoms with Crippen LogP contribution in [0, 0.1) is 20.8 Å². The first-order valence-electron chi connectivity index (χ1n) is 7.26. The molecule has 106 valence electrons. The predicted molar refractivity (Wildman–Crippen MR) is 85.2 cm³/mol. The number of aryl methyl sites for hydroxylation is 4. The summed E-state index contributed by atoms with van der Waals surface area (Å²) in [5, 5.41) is 3.47. The van der Waals surface area contributed by atoms with Crippen LogP contribution in [0.2, 0.25) is 0 Å².